The first kappa shape index (κ1) is 8.97. The fourth-order valence-electron chi connectivity index (χ4n) is 2.19. The second kappa shape index (κ2) is 3.38. The second-order valence-electron chi connectivity index (χ2n) is 4.12. The molecule has 1 aromatic carbocycles. The van der Waals surface area contributed by atoms with E-state index in [1.807, 2.05) is 0 Å². The van der Waals surface area contributed by atoms with Gasteiger partial charge in [-0.25, -0.2) is 4.39 Å². The molecule has 0 saturated carbocycles. The van der Waals surface area contributed by atoms with E-state index in [0.717, 1.165) is 31.1 Å². The van der Waals surface area contributed by atoms with Crippen LogP contribution in [0.4, 0.5) is 15.8 Å². The lowest BCUT2D eigenvalue weighted by molar-refractivity contribution is 0.186. The summed E-state index contributed by atoms with van der Waals surface area (Å²) in [5.74, 6) is 0.270. The Hall–Kier alpha value is -1.29. The third-order valence-electron chi connectivity index (χ3n) is 3.08. The smallest absolute Gasteiger partial charge is 0.125 e. The fourth-order valence-corrected chi connectivity index (χ4v) is 2.19. The number of hydrogen-bond acceptors (Lipinski definition) is 3. The molecule has 2 unspecified atom stereocenters. The molecule has 0 aromatic heterocycles. The van der Waals surface area contributed by atoms with Crippen LogP contribution in [0.15, 0.2) is 18.2 Å². The molecule has 4 heteroatoms. The molecular weight excluding hydrogens is 195 g/mol. The van der Waals surface area contributed by atoms with E-state index in [0.29, 0.717) is 12.0 Å². The van der Waals surface area contributed by atoms with Crippen LogP contribution in [0.3, 0.4) is 0 Å². The largest absolute Gasteiger partial charge is 0.383 e. The average molecular weight is 208 g/mol. The van der Waals surface area contributed by atoms with Gasteiger partial charge in [-0.3, -0.25) is 0 Å². The highest BCUT2D eigenvalue weighted by Crippen LogP contribution is 2.30. The van der Waals surface area contributed by atoms with Crippen molar-refractivity contribution in [2.45, 2.75) is 6.04 Å². The number of halogens is 1. The Morgan fingerprint density at radius 3 is 3.13 bits per heavy atom. The summed E-state index contributed by atoms with van der Waals surface area (Å²) in [5, 5.41) is 6.65. The highest BCUT2D eigenvalue weighted by Gasteiger charge is 2.30. The number of anilines is 2. The lowest BCUT2D eigenvalue weighted by Gasteiger charge is -2.15. The zero-order valence-corrected chi connectivity index (χ0v) is 8.29. The molecular formula is C11H13FN2O. The Morgan fingerprint density at radius 2 is 2.20 bits per heavy atom. The van der Waals surface area contributed by atoms with Gasteiger partial charge in [0.05, 0.1) is 30.6 Å². The molecule has 1 saturated heterocycles. The van der Waals surface area contributed by atoms with Gasteiger partial charge in [-0.05, 0) is 18.2 Å². The molecule has 3 nitrogen and oxygen atoms in total. The molecule has 0 bridgehead atoms. The van der Waals surface area contributed by atoms with Gasteiger partial charge in [-0.15, -0.1) is 0 Å². The van der Waals surface area contributed by atoms with Crippen molar-refractivity contribution in [3.8, 4) is 0 Å². The summed E-state index contributed by atoms with van der Waals surface area (Å²) >= 11 is 0. The van der Waals surface area contributed by atoms with Gasteiger partial charge < -0.3 is 15.4 Å². The van der Waals surface area contributed by atoms with Crippen molar-refractivity contribution in [3.63, 3.8) is 0 Å². The van der Waals surface area contributed by atoms with Crippen molar-refractivity contribution in [1.82, 2.24) is 0 Å². The number of ether oxygens (including phenoxy) is 1. The Labute approximate surface area is 87.6 Å². The van der Waals surface area contributed by atoms with Crippen molar-refractivity contribution in [2.24, 2.45) is 5.92 Å². The van der Waals surface area contributed by atoms with Gasteiger partial charge in [0.15, 0.2) is 0 Å². The van der Waals surface area contributed by atoms with Crippen molar-refractivity contribution >= 4 is 11.4 Å². The second-order valence-corrected chi connectivity index (χ2v) is 4.12. The number of rotatable bonds is 0. The van der Waals surface area contributed by atoms with Crippen LogP contribution in [0.2, 0.25) is 0 Å². The molecule has 2 atom stereocenters. The maximum atomic E-state index is 13.0. The molecule has 1 aromatic rings. The first-order chi connectivity index (χ1) is 7.33. The van der Waals surface area contributed by atoms with Crippen LogP contribution < -0.4 is 10.6 Å². The van der Waals surface area contributed by atoms with Crippen LogP contribution >= 0.6 is 0 Å². The first-order valence-corrected chi connectivity index (χ1v) is 5.20. The fraction of sp³-hybridized carbons (Fsp3) is 0.455. The molecule has 2 N–H and O–H groups in total. The summed E-state index contributed by atoms with van der Waals surface area (Å²) in [7, 11) is 0. The minimum absolute atomic E-state index is 0.202. The van der Waals surface area contributed by atoms with Gasteiger partial charge in [0.25, 0.3) is 0 Å². The minimum atomic E-state index is -0.202. The lowest BCUT2D eigenvalue weighted by Crippen LogP contribution is -2.29. The molecule has 2 heterocycles. The van der Waals surface area contributed by atoms with Gasteiger partial charge in [-0.1, -0.05) is 0 Å². The van der Waals surface area contributed by atoms with E-state index < -0.39 is 0 Å². The molecule has 2 aliphatic heterocycles. The van der Waals surface area contributed by atoms with Crippen molar-refractivity contribution < 1.29 is 9.13 Å². The van der Waals surface area contributed by atoms with Crippen molar-refractivity contribution in [1.29, 1.82) is 0 Å². The van der Waals surface area contributed by atoms with Crippen LogP contribution in [-0.4, -0.2) is 25.8 Å². The number of nitrogens with one attached hydrogen (secondary N) is 2. The van der Waals surface area contributed by atoms with E-state index in [9.17, 15) is 4.39 Å². The molecule has 2 aliphatic rings. The van der Waals surface area contributed by atoms with E-state index in [1.165, 1.54) is 12.1 Å². The molecule has 0 radical (unpaired) electrons. The Kier molecular flexibility index (Phi) is 2.02. The zero-order valence-electron chi connectivity index (χ0n) is 8.29. The average Bonchev–Trinajstić information content (AvgIpc) is 2.59. The normalized spacial score (nSPS) is 28.3. The van der Waals surface area contributed by atoms with Crippen molar-refractivity contribution in [3.05, 3.63) is 24.0 Å². The van der Waals surface area contributed by atoms with Crippen LogP contribution in [0.25, 0.3) is 0 Å². The van der Waals surface area contributed by atoms with Gasteiger partial charge in [0.2, 0.25) is 0 Å². The number of fused-ring (bicyclic) bond motifs is 2. The van der Waals surface area contributed by atoms with Crippen LogP contribution in [0.1, 0.15) is 0 Å². The van der Waals surface area contributed by atoms with E-state index in [2.05, 4.69) is 10.6 Å². The van der Waals surface area contributed by atoms with E-state index >= 15 is 0 Å². The van der Waals surface area contributed by atoms with Crippen molar-refractivity contribution in [2.75, 3.05) is 30.4 Å². The van der Waals surface area contributed by atoms with Gasteiger partial charge in [0.1, 0.15) is 5.82 Å². The highest BCUT2D eigenvalue weighted by atomic mass is 19.1. The zero-order chi connectivity index (χ0) is 10.3. The van der Waals surface area contributed by atoms with Gasteiger partial charge >= 0.3 is 0 Å². The molecule has 1 fully saturated rings. The Bertz CT molecular complexity index is 383. The number of hydrogen-bond donors (Lipinski definition) is 2. The third-order valence-corrected chi connectivity index (χ3v) is 3.08. The van der Waals surface area contributed by atoms with E-state index in [-0.39, 0.29) is 5.82 Å². The maximum absolute atomic E-state index is 13.0. The topological polar surface area (TPSA) is 33.3 Å². The lowest BCUT2D eigenvalue weighted by atomic mass is 10.0. The van der Waals surface area contributed by atoms with Crippen LogP contribution in [0, 0.1) is 11.7 Å². The van der Waals surface area contributed by atoms with Gasteiger partial charge in [0, 0.05) is 12.5 Å². The summed E-state index contributed by atoms with van der Waals surface area (Å²) in [6.45, 7) is 2.36. The predicted octanol–water partition coefficient (Wildman–Crippen LogP) is 1.68. The van der Waals surface area contributed by atoms with Crippen LogP contribution in [0.5, 0.6) is 0 Å². The Morgan fingerprint density at radius 1 is 1.27 bits per heavy atom. The molecule has 0 amide bonds. The Balaban J connectivity index is 1.93. The monoisotopic (exact) mass is 208 g/mol. The standard InChI is InChI=1S/C11H13FN2O/c12-8-1-2-9-10(3-8)13-4-7-5-15-6-11(7)14-9/h1-3,7,11,13-14H,4-6H2. The SMILES string of the molecule is Fc1ccc2c(c1)NCC1COCC1N2. The summed E-state index contributed by atoms with van der Waals surface area (Å²) < 4.78 is 18.4. The maximum Gasteiger partial charge on any atom is 0.125 e. The van der Waals surface area contributed by atoms with E-state index in [1.54, 1.807) is 6.07 Å². The van der Waals surface area contributed by atoms with Crippen LogP contribution in [-0.2, 0) is 4.74 Å². The molecule has 80 valence electrons. The summed E-state index contributed by atoms with van der Waals surface area (Å²) in [6, 6.07) is 5.14. The highest BCUT2D eigenvalue weighted by molar-refractivity contribution is 5.70. The summed E-state index contributed by atoms with van der Waals surface area (Å²) in [6.07, 6.45) is 0. The quantitative estimate of drug-likeness (QED) is 0.680. The summed E-state index contributed by atoms with van der Waals surface area (Å²) in [5.41, 5.74) is 1.82. The molecule has 15 heavy (non-hydrogen) atoms. The molecule has 0 spiro atoms. The molecule has 0 aliphatic carbocycles. The predicted molar refractivity (Wildman–Crippen MR) is 56.6 cm³/mol. The summed E-state index contributed by atoms with van der Waals surface area (Å²) in [4.78, 5) is 0. The minimum Gasteiger partial charge on any atom is -0.383 e. The van der Waals surface area contributed by atoms with Gasteiger partial charge in [-0.2, -0.15) is 0 Å². The third kappa shape index (κ3) is 1.55. The van der Waals surface area contributed by atoms with E-state index in [4.69, 9.17) is 4.74 Å². The number of benzene rings is 1. The first-order valence-electron chi connectivity index (χ1n) is 5.20. The molecule has 3 rings (SSSR count).